The number of rotatable bonds is 10. The number of amides is 2. The van der Waals surface area contributed by atoms with Crippen LogP contribution < -0.4 is 10.6 Å². The number of benzene rings is 1. The zero-order valence-electron chi connectivity index (χ0n) is 17.3. The summed E-state index contributed by atoms with van der Waals surface area (Å²) in [6.45, 7) is 8.80. The molecule has 0 unspecified atom stereocenters. The van der Waals surface area contributed by atoms with Crippen LogP contribution in [0.1, 0.15) is 31.9 Å². The molecule has 1 aliphatic rings. The molecule has 0 bridgehead atoms. The van der Waals surface area contributed by atoms with Crippen molar-refractivity contribution in [3.8, 4) is 0 Å². The van der Waals surface area contributed by atoms with Gasteiger partial charge in [-0.2, -0.15) is 0 Å². The molecule has 1 heterocycles. The van der Waals surface area contributed by atoms with E-state index in [0.29, 0.717) is 19.7 Å². The number of hydrogen-bond donors (Lipinski definition) is 2. The molecule has 1 aromatic carbocycles. The fourth-order valence-electron chi connectivity index (χ4n) is 3.34. The molecule has 2 N–H and O–H groups in total. The Morgan fingerprint density at radius 3 is 2.43 bits per heavy atom. The molecule has 0 spiro atoms. The minimum Gasteiger partial charge on any atom is -0.385 e. The summed E-state index contributed by atoms with van der Waals surface area (Å²) in [6, 6.07) is 9.78. The second-order valence-corrected chi connectivity index (χ2v) is 7.33. The fourth-order valence-corrected chi connectivity index (χ4v) is 3.34. The van der Waals surface area contributed by atoms with Gasteiger partial charge in [0, 0.05) is 46.4 Å². The molecule has 0 aromatic heterocycles. The Morgan fingerprint density at radius 1 is 1.11 bits per heavy atom. The number of methoxy groups -OCH3 is 1. The molecule has 2 atom stereocenters. The largest absolute Gasteiger partial charge is 0.385 e. The highest BCUT2D eigenvalue weighted by atomic mass is 16.5. The molecular weight excluding hydrogens is 356 g/mol. The zero-order valence-corrected chi connectivity index (χ0v) is 17.3. The SMILES string of the molecule is COCCCNC(=O)CN1CCN([C@@H](C)C(=O)N[C@@H](C)c2ccccc2)CC1. The Morgan fingerprint density at radius 2 is 1.79 bits per heavy atom. The lowest BCUT2D eigenvalue weighted by molar-refractivity contribution is -0.128. The van der Waals surface area contributed by atoms with Gasteiger partial charge >= 0.3 is 0 Å². The van der Waals surface area contributed by atoms with E-state index in [1.807, 2.05) is 44.2 Å². The first kappa shape index (κ1) is 22.3. The predicted octanol–water partition coefficient (Wildman–Crippen LogP) is 1.02. The van der Waals surface area contributed by atoms with E-state index in [0.717, 1.165) is 38.2 Å². The topological polar surface area (TPSA) is 73.9 Å². The normalized spacial score (nSPS) is 17.7. The average molecular weight is 391 g/mol. The van der Waals surface area contributed by atoms with E-state index in [-0.39, 0.29) is 23.9 Å². The summed E-state index contributed by atoms with van der Waals surface area (Å²) in [5.41, 5.74) is 1.10. The van der Waals surface area contributed by atoms with E-state index in [1.165, 1.54) is 0 Å². The number of carbonyl (C=O) groups excluding carboxylic acids is 2. The van der Waals surface area contributed by atoms with E-state index in [2.05, 4.69) is 20.4 Å². The third-order valence-corrected chi connectivity index (χ3v) is 5.21. The van der Waals surface area contributed by atoms with Crippen molar-refractivity contribution in [2.45, 2.75) is 32.4 Å². The quantitative estimate of drug-likeness (QED) is 0.584. The molecule has 1 saturated heterocycles. The fraction of sp³-hybridized carbons (Fsp3) is 0.619. The van der Waals surface area contributed by atoms with Crippen LogP contribution in [-0.4, -0.2) is 80.6 Å². The van der Waals surface area contributed by atoms with Crippen LogP contribution in [0.2, 0.25) is 0 Å². The van der Waals surface area contributed by atoms with Crippen molar-refractivity contribution in [2.75, 3.05) is 53.0 Å². The van der Waals surface area contributed by atoms with Gasteiger partial charge in [0.2, 0.25) is 11.8 Å². The first-order valence-corrected chi connectivity index (χ1v) is 10.1. The van der Waals surface area contributed by atoms with Gasteiger partial charge in [0.15, 0.2) is 0 Å². The molecule has 28 heavy (non-hydrogen) atoms. The lowest BCUT2D eigenvalue weighted by Gasteiger charge is -2.37. The Hall–Kier alpha value is -1.96. The van der Waals surface area contributed by atoms with Gasteiger partial charge in [-0.1, -0.05) is 30.3 Å². The highest BCUT2D eigenvalue weighted by Gasteiger charge is 2.27. The van der Waals surface area contributed by atoms with E-state index in [1.54, 1.807) is 7.11 Å². The molecule has 7 heteroatoms. The molecule has 2 rings (SSSR count). The zero-order chi connectivity index (χ0) is 20.4. The van der Waals surface area contributed by atoms with Crippen LogP contribution in [-0.2, 0) is 14.3 Å². The smallest absolute Gasteiger partial charge is 0.237 e. The Balaban J connectivity index is 1.70. The Bertz CT molecular complexity index is 603. The van der Waals surface area contributed by atoms with Crippen molar-refractivity contribution in [1.29, 1.82) is 0 Å². The second-order valence-electron chi connectivity index (χ2n) is 7.33. The first-order valence-electron chi connectivity index (χ1n) is 10.1. The summed E-state index contributed by atoms with van der Waals surface area (Å²) in [7, 11) is 1.66. The molecule has 2 amide bonds. The maximum Gasteiger partial charge on any atom is 0.237 e. The molecule has 1 aromatic rings. The van der Waals surface area contributed by atoms with Crippen molar-refractivity contribution in [3.05, 3.63) is 35.9 Å². The molecule has 0 aliphatic carbocycles. The van der Waals surface area contributed by atoms with Crippen LogP contribution in [0, 0.1) is 0 Å². The number of carbonyl (C=O) groups is 2. The molecule has 1 fully saturated rings. The van der Waals surface area contributed by atoms with Gasteiger partial charge in [-0.3, -0.25) is 19.4 Å². The van der Waals surface area contributed by atoms with Crippen molar-refractivity contribution in [2.24, 2.45) is 0 Å². The molecule has 156 valence electrons. The summed E-state index contributed by atoms with van der Waals surface area (Å²) in [6.07, 6.45) is 0.823. The standard InChI is InChI=1S/C21H34N4O3/c1-17(19-8-5-4-6-9-19)23-21(27)18(2)25-13-11-24(12-14-25)16-20(26)22-10-7-15-28-3/h4-6,8-9,17-18H,7,10-16H2,1-3H3,(H,22,26)(H,23,27)/t17-,18-/m0/s1. The van der Waals surface area contributed by atoms with Gasteiger partial charge in [0.05, 0.1) is 18.6 Å². The van der Waals surface area contributed by atoms with Gasteiger partial charge in [0.25, 0.3) is 0 Å². The van der Waals surface area contributed by atoms with Crippen molar-refractivity contribution >= 4 is 11.8 Å². The highest BCUT2D eigenvalue weighted by molar-refractivity contribution is 5.81. The Labute approximate surface area is 168 Å². The maximum atomic E-state index is 12.6. The van der Waals surface area contributed by atoms with Crippen LogP contribution in [0.4, 0.5) is 0 Å². The lowest BCUT2D eigenvalue weighted by Crippen LogP contribution is -2.55. The van der Waals surface area contributed by atoms with Crippen LogP contribution in [0.25, 0.3) is 0 Å². The van der Waals surface area contributed by atoms with E-state index >= 15 is 0 Å². The van der Waals surface area contributed by atoms with E-state index in [4.69, 9.17) is 4.74 Å². The highest BCUT2D eigenvalue weighted by Crippen LogP contribution is 2.13. The molecule has 1 aliphatic heterocycles. The Kier molecular flexibility index (Phi) is 9.40. The minimum absolute atomic E-state index is 0.0146. The summed E-state index contributed by atoms with van der Waals surface area (Å²) < 4.78 is 4.98. The van der Waals surface area contributed by atoms with Gasteiger partial charge in [-0.25, -0.2) is 0 Å². The summed E-state index contributed by atoms with van der Waals surface area (Å²) in [5.74, 6) is 0.0905. The summed E-state index contributed by atoms with van der Waals surface area (Å²) in [4.78, 5) is 28.9. The summed E-state index contributed by atoms with van der Waals surface area (Å²) >= 11 is 0. The molecular formula is C21H34N4O3. The number of piperazine rings is 1. The third-order valence-electron chi connectivity index (χ3n) is 5.21. The number of ether oxygens (including phenoxy) is 1. The molecule has 0 saturated carbocycles. The van der Waals surface area contributed by atoms with Gasteiger partial charge in [0.1, 0.15) is 0 Å². The van der Waals surface area contributed by atoms with Gasteiger partial charge in [-0.05, 0) is 25.8 Å². The number of nitrogens with zero attached hydrogens (tertiary/aromatic N) is 2. The number of nitrogens with one attached hydrogen (secondary N) is 2. The van der Waals surface area contributed by atoms with E-state index < -0.39 is 0 Å². The van der Waals surface area contributed by atoms with Crippen molar-refractivity contribution in [1.82, 2.24) is 20.4 Å². The summed E-state index contributed by atoms with van der Waals surface area (Å²) in [5, 5.41) is 6.02. The van der Waals surface area contributed by atoms with Crippen molar-refractivity contribution < 1.29 is 14.3 Å². The van der Waals surface area contributed by atoms with Gasteiger partial charge < -0.3 is 15.4 Å². The third kappa shape index (κ3) is 7.22. The second kappa shape index (κ2) is 11.8. The van der Waals surface area contributed by atoms with Crippen LogP contribution in [0.3, 0.4) is 0 Å². The monoisotopic (exact) mass is 390 g/mol. The van der Waals surface area contributed by atoms with Crippen LogP contribution >= 0.6 is 0 Å². The average Bonchev–Trinajstić information content (AvgIpc) is 2.72. The number of hydrogen-bond acceptors (Lipinski definition) is 5. The van der Waals surface area contributed by atoms with Gasteiger partial charge in [-0.15, -0.1) is 0 Å². The minimum atomic E-state index is -0.184. The lowest BCUT2D eigenvalue weighted by atomic mass is 10.1. The maximum absolute atomic E-state index is 12.6. The first-order chi connectivity index (χ1) is 13.5. The predicted molar refractivity (Wildman–Crippen MR) is 110 cm³/mol. The van der Waals surface area contributed by atoms with E-state index in [9.17, 15) is 9.59 Å². The molecule has 7 nitrogen and oxygen atoms in total. The van der Waals surface area contributed by atoms with Crippen LogP contribution in [0.15, 0.2) is 30.3 Å². The molecule has 0 radical (unpaired) electrons. The van der Waals surface area contributed by atoms with Crippen LogP contribution in [0.5, 0.6) is 0 Å². The van der Waals surface area contributed by atoms with Crippen molar-refractivity contribution in [3.63, 3.8) is 0 Å².